The molecule has 170 valence electrons. The van der Waals surface area contributed by atoms with Crippen molar-refractivity contribution in [3.63, 3.8) is 0 Å². The number of hydrogen-bond acceptors (Lipinski definition) is 5. The van der Waals surface area contributed by atoms with Crippen molar-refractivity contribution in [1.82, 2.24) is 15.6 Å². The molecular formula is C24H36N4O3. The summed E-state index contributed by atoms with van der Waals surface area (Å²) in [6, 6.07) is 9.60. The average molecular weight is 429 g/mol. The summed E-state index contributed by atoms with van der Waals surface area (Å²) < 4.78 is 11.7. The first-order chi connectivity index (χ1) is 15.1. The second kappa shape index (κ2) is 13.5. The summed E-state index contributed by atoms with van der Waals surface area (Å²) in [5, 5.41) is 17.0. The average Bonchev–Trinajstić information content (AvgIpc) is 2.80. The highest BCUT2D eigenvalue weighted by Gasteiger charge is 2.13. The summed E-state index contributed by atoms with van der Waals surface area (Å²) in [6.07, 6.45) is 4.53. The summed E-state index contributed by atoms with van der Waals surface area (Å²) in [5.74, 6) is 2.18. The number of aliphatic hydroxyl groups is 1. The van der Waals surface area contributed by atoms with E-state index in [1.54, 1.807) is 24.5 Å². The first kappa shape index (κ1) is 24.5. The molecule has 0 fully saturated rings. The molecule has 3 N–H and O–H groups in total. The third-order valence-corrected chi connectivity index (χ3v) is 4.60. The van der Waals surface area contributed by atoms with Gasteiger partial charge in [-0.25, -0.2) is 0 Å². The van der Waals surface area contributed by atoms with E-state index in [9.17, 15) is 5.11 Å². The number of nitrogens with one attached hydrogen (secondary N) is 2. The molecule has 31 heavy (non-hydrogen) atoms. The summed E-state index contributed by atoms with van der Waals surface area (Å²) in [4.78, 5) is 8.54. The number of rotatable bonds is 12. The molecule has 0 saturated carbocycles. The lowest BCUT2D eigenvalue weighted by Crippen LogP contribution is -2.39. The van der Waals surface area contributed by atoms with Crippen molar-refractivity contribution in [2.24, 2.45) is 4.99 Å². The van der Waals surface area contributed by atoms with Crippen LogP contribution >= 0.6 is 0 Å². The molecule has 0 bridgehead atoms. The monoisotopic (exact) mass is 428 g/mol. The van der Waals surface area contributed by atoms with E-state index in [0.717, 1.165) is 42.0 Å². The molecule has 2 rings (SSSR count). The predicted molar refractivity (Wildman–Crippen MR) is 125 cm³/mol. The van der Waals surface area contributed by atoms with Crippen molar-refractivity contribution in [1.29, 1.82) is 0 Å². The molecule has 1 heterocycles. The highest BCUT2D eigenvalue weighted by molar-refractivity contribution is 5.80. The topological polar surface area (TPSA) is 88.0 Å². The number of nitrogens with zero attached hydrogens (tertiary/aromatic N) is 2. The van der Waals surface area contributed by atoms with Gasteiger partial charge in [-0.05, 0) is 62.1 Å². The maximum absolute atomic E-state index is 10.4. The van der Waals surface area contributed by atoms with Crippen molar-refractivity contribution < 1.29 is 14.6 Å². The molecule has 0 aliphatic heterocycles. The molecule has 0 amide bonds. The van der Waals surface area contributed by atoms with Crippen molar-refractivity contribution in [2.45, 2.75) is 52.7 Å². The van der Waals surface area contributed by atoms with Gasteiger partial charge in [-0.15, -0.1) is 0 Å². The van der Waals surface area contributed by atoms with Crippen LogP contribution in [-0.2, 0) is 0 Å². The fourth-order valence-corrected chi connectivity index (χ4v) is 2.93. The van der Waals surface area contributed by atoms with Crippen molar-refractivity contribution in [2.75, 3.05) is 26.3 Å². The zero-order valence-electron chi connectivity index (χ0n) is 19.1. The molecule has 2 aromatic rings. The van der Waals surface area contributed by atoms with Crippen molar-refractivity contribution >= 4 is 5.96 Å². The molecule has 2 unspecified atom stereocenters. The van der Waals surface area contributed by atoms with Gasteiger partial charge in [0, 0.05) is 18.9 Å². The zero-order chi connectivity index (χ0) is 22.5. The second-order valence-electron chi connectivity index (χ2n) is 7.29. The highest BCUT2D eigenvalue weighted by Crippen LogP contribution is 2.31. The Labute approximate surface area is 185 Å². The van der Waals surface area contributed by atoms with E-state index >= 15 is 0 Å². The van der Waals surface area contributed by atoms with E-state index in [1.807, 2.05) is 25.1 Å². The van der Waals surface area contributed by atoms with Crippen LogP contribution in [0.5, 0.6) is 11.5 Å². The molecule has 0 aliphatic rings. The van der Waals surface area contributed by atoms with E-state index in [-0.39, 0.29) is 12.6 Å². The molecule has 7 heteroatoms. The molecule has 0 spiro atoms. The Bertz CT molecular complexity index is 799. The van der Waals surface area contributed by atoms with Gasteiger partial charge in [0.05, 0.1) is 31.9 Å². The Hall–Kier alpha value is -2.80. The van der Waals surface area contributed by atoms with Gasteiger partial charge in [-0.3, -0.25) is 9.98 Å². The fraction of sp³-hybridized carbons (Fsp3) is 0.500. The summed E-state index contributed by atoms with van der Waals surface area (Å²) >= 11 is 0. The quantitative estimate of drug-likeness (QED) is 0.350. The van der Waals surface area contributed by atoms with Crippen LogP contribution in [0, 0.1) is 0 Å². The summed E-state index contributed by atoms with van der Waals surface area (Å²) in [6.45, 7) is 10.5. The van der Waals surface area contributed by atoms with Crippen LogP contribution in [0.25, 0.3) is 0 Å². The Morgan fingerprint density at radius 2 is 1.68 bits per heavy atom. The van der Waals surface area contributed by atoms with Crippen LogP contribution in [0.15, 0.2) is 47.7 Å². The van der Waals surface area contributed by atoms with Crippen molar-refractivity contribution in [3.05, 3.63) is 53.9 Å². The first-order valence-electron chi connectivity index (χ1n) is 11.1. The van der Waals surface area contributed by atoms with Gasteiger partial charge in [0.15, 0.2) is 17.5 Å². The molecule has 0 radical (unpaired) electrons. The minimum Gasteiger partial charge on any atom is -0.490 e. The van der Waals surface area contributed by atoms with E-state index in [0.29, 0.717) is 19.2 Å². The summed E-state index contributed by atoms with van der Waals surface area (Å²) in [7, 11) is 0. The van der Waals surface area contributed by atoms with Crippen LogP contribution in [0.1, 0.15) is 63.8 Å². The number of aliphatic imine (C=N–C) groups is 1. The van der Waals surface area contributed by atoms with Gasteiger partial charge < -0.3 is 25.2 Å². The van der Waals surface area contributed by atoms with Gasteiger partial charge in [0.2, 0.25) is 0 Å². The lowest BCUT2D eigenvalue weighted by molar-refractivity contribution is 0.187. The van der Waals surface area contributed by atoms with E-state index in [1.165, 1.54) is 0 Å². The number of benzene rings is 1. The number of aliphatic hydroxyl groups excluding tert-OH is 1. The number of guanidine groups is 1. The fourth-order valence-electron chi connectivity index (χ4n) is 2.93. The molecule has 7 nitrogen and oxygen atoms in total. The Morgan fingerprint density at radius 1 is 1.00 bits per heavy atom. The van der Waals surface area contributed by atoms with Crippen LogP contribution < -0.4 is 20.1 Å². The van der Waals surface area contributed by atoms with E-state index in [2.05, 4.69) is 41.4 Å². The maximum atomic E-state index is 10.4. The van der Waals surface area contributed by atoms with E-state index < -0.39 is 6.10 Å². The largest absolute Gasteiger partial charge is 0.490 e. The third kappa shape index (κ3) is 8.09. The molecular weight excluding hydrogens is 392 g/mol. The van der Waals surface area contributed by atoms with Gasteiger partial charge >= 0.3 is 0 Å². The van der Waals surface area contributed by atoms with Gasteiger partial charge in [-0.2, -0.15) is 0 Å². The number of ether oxygens (including phenoxy) is 2. The van der Waals surface area contributed by atoms with Crippen LogP contribution in [-0.4, -0.2) is 42.4 Å². The number of aromatic nitrogens is 1. The molecule has 0 saturated heterocycles. The smallest absolute Gasteiger partial charge is 0.191 e. The lowest BCUT2D eigenvalue weighted by atomic mass is 10.1. The molecule has 2 atom stereocenters. The SMILES string of the molecule is CCCOc1ccc(C(C)NC(=NCC(O)c2ccncc2)NCC)cc1OCCC. The Morgan fingerprint density at radius 3 is 2.32 bits per heavy atom. The van der Waals surface area contributed by atoms with E-state index in [4.69, 9.17) is 9.47 Å². The number of hydrogen-bond donors (Lipinski definition) is 3. The second-order valence-corrected chi connectivity index (χ2v) is 7.29. The highest BCUT2D eigenvalue weighted by atomic mass is 16.5. The summed E-state index contributed by atoms with van der Waals surface area (Å²) in [5.41, 5.74) is 1.86. The first-order valence-corrected chi connectivity index (χ1v) is 11.1. The minimum atomic E-state index is -0.683. The van der Waals surface area contributed by atoms with Crippen LogP contribution in [0.2, 0.25) is 0 Å². The van der Waals surface area contributed by atoms with Gasteiger partial charge in [-0.1, -0.05) is 19.9 Å². The predicted octanol–water partition coefficient (Wildman–Crippen LogP) is 4.01. The maximum Gasteiger partial charge on any atom is 0.191 e. The molecule has 0 aliphatic carbocycles. The van der Waals surface area contributed by atoms with Crippen LogP contribution in [0.3, 0.4) is 0 Å². The van der Waals surface area contributed by atoms with Crippen molar-refractivity contribution in [3.8, 4) is 11.5 Å². The Kier molecular flexibility index (Phi) is 10.6. The normalized spacial score (nSPS) is 13.4. The van der Waals surface area contributed by atoms with Gasteiger partial charge in [0.1, 0.15) is 0 Å². The van der Waals surface area contributed by atoms with Crippen LogP contribution in [0.4, 0.5) is 0 Å². The minimum absolute atomic E-state index is 0.0138. The Balaban J connectivity index is 2.10. The third-order valence-electron chi connectivity index (χ3n) is 4.60. The zero-order valence-corrected chi connectivity index (χ0v) is 19.1. The van der Waals surface area contributed by atoms with Gasteiger partial charge in [0.25, 0.3) is 0 Å². The lowest BCUT2D eigenvalue weighted by Gasteiger charge is -2.20. The number of pyridine rings is 1. The molecule has 1 aromatic carbocycles. The molecule has 1 aromatic heterocycles. The standard InChI is InChI=1S/C24H36N4O3/c1-5-14-30-22-9-8-20(16-23(22)31-15-6-2)18(4)28-24(26-7-3)27-17-21(29)19-10-12-25-13-11-19/h8-13,16,18,21,29H,5-7,14-15,17H2,1-4H3,(H2,26,27,28).